The Kier molecular flexibility index (Phi) is 4.37. The highest BCUT2D eigenvalue weighted by Crippen LogP contribution is 2.41. The van der Waals surface area contributed by atoms with Crippen molar-refractivity contribution >= 4 is 11.8 Å². The van der Waals surface area contributed by atoms with Gasteiger partial charge in [0.25, 0.3) is 11.8 Å². The molecule has 0 bridgehead atoms. The molecule has 3 atom stereocenters. The summed E-state index contributed by atoms with van der Waals surface area (Å²) in [6.45, 7) is 2.23. The van der Waals surface area contributed by atoms with E-state index in [0.29, 0.717) is 31.1 Å². The first-order valence-electron chi connectivity index (χ1n) is 10.1. The molecular weight excluding hydrogens is 410 g/mol. The largest absolute Gasteiger partial charge is 0.503 e. The average Bonchev–Trinajstić information content (AvgIpc) is 3.31. The fourth-order valence-corrected chi connectivity index (χ4v) is 4.95. The summed E-state index contributed by atoms with van der Waals surface area (Å²) in [5, 5.41) is 16.4. The van der Waals surface area contributed by atoms with E-state index in [1.165, 1.54) is 6.07 Å². The van der Waals surface area contributed by atoms with E-state index in [-0.39, 0.29) is 41.6 Å². The molecule has 2 unspecified atom stereocenters. The molecular formula is C21H20F2N4O4. The van der Waals surface area contributed by atoms with E-state index < -0.39 is 34.6 Å². The molecule has 3 N–H and O–H groups in total. The van der Waals surface area contributed by atoms with E-state index in [9.17, 15) is 28.3 Å². The zero-order valence-electron chi connectivity index (χ0n) is 16.6. The molecule has 1 fully saturated rings. The topological polar surface area (TPSA) is 104 Å². The molecule has 1 aromatic carbocycles. The Hall–Kier alpha value is -3.27. The lowest BCUT2D eigenvalue weighted by Crippen LogP contribution is -2.53. The van der Waals surface area contributed by atoms with Crippen molar-refractivity contribution < 1.29 is 23.5 Å². The SMILES string of the molecule is C[C@H]1CNC2C3CCc4c(C(=O)NCc5ccc(F)cc5F)c(=O)c(O)c(n43)C(=O)N21. The number of aromatic hydroxyl groups is 1. The van der Waals surface area contributed by atoms with E-state index in [1.807, 2.05) is 6.92 Å². The molecule has 1 aromatic heterocycles. The number of aromatic nitrogens is 1. The second-order valence-corrected chi connectivity index (χ2v) is 8.16. The smallest absolute Gasteiger partial charge is 0.276 e. The number of nitrogens with one attached hydrogen (secondary N) is 2. The predicted molar refractivity (Wildman–Crippen MR) is 105 cm³/mol. The van der Waals surface area contributed by atoms with Crippen molar-refractivity contribution in [3.8, 4) is 5.75 Å². The quantitative estimate of drug-likeness (QED) is 0.675. The standard InChI is InChI=1S/C21H20F2N4O4/c1-9-7-24-19-14-5-4-13-15(17(28)18(29)16(27(13)14)21(31)26(9)19)20(30)25-8-10-2-3-11(22)6-12(10)23/h2-3,6,9,14,19,24,29H,4-5,7-8H2,1H3,(H,25,30)/t9-,14?,19?/m0/s1. The zero-order valence-corrected chi connectivity index (χ0v) is 16.6. The van der Waals surface area contributed by atoms with Gasteiger partial charge in [-0.25, -0.2) is 8.78 Å². The molecule has 5 rings (SSSR count). The zero-order chi connectivity index (χ0) is 22.0. The molecule has 0 aliphatic carbocycles. The molecule has 31 heavy (non-hydrogen) atoms. The fourth-order valence-electron chi connectivity index (χ4n) is 4.95. The van der Waals surface area contributed by atoms with Gasteiger partial charge in [-0.05, 0) is 25.8 Å². The molecule has 0 radical (unpaired) electrons. The minimum absolute atomic E-state index is 0.0568. The van der Waals surface area contributed by atoms with Crippen LogP contribution in [0.3, 0.4) is 0 Å². The second kappa shape index (κ2) is 6.88. The molecule has 0 spiro atoms. The van der Waals surface area contributed by atoms with Gasteiger partial charge in [-0.3, -0.25) is 19.7 Å². The molecule has 0 saturated carbocycles. The number of halogens is 2. The minimum Gasteiger partial charge on any atom is -0.503 e. The number of pyridine rings is 1. The highest BCUT2D eigenvalue weighted by molar-refractivity contribution is 6.00. The molecule has 10 heteroatoms. The maximum Gasteiger partial charge on any atom is 0.276 e. The van der Waals surface area contributed by atoms with Gasteiger partial charge in [0.2, 0.25) is 5.43 Å². The average molecular weight is 430 g/mol. The van der Waals surface area contributed by atoms with E-state index in [2.05, 4.69) is 10.6 Å². The van der Waals surface area contributed by atoms with Crippen LogP contribution in [-0.4, -0.2) is 45.1 Å². The molecule has 3 aliphatic rings. The summed E-state index contributed by atoms with van der Waals surface area (Å²) in [6, 6.07) is 2.69. The summed E-state index contributed by atoms with van der Waals surface area (Å²) in [4.78, 5) is 40.5. The lowest BCUT2D eigenvalue weighted by Gasteiger charge is -2.39. The Bertz CT molecular complexity index is 1190. The predicted octanol–water partition coefficient (Wildman–Crippen LogP) is 1.02. The molecule has 2 aromatic rings. The summed E-state index contributed by atoms with van der Waals surface area (Å²) >= 11 is 0. The van der Waals surface area contributed by atoms with Crippen molar-refractivity contribution in [2.45, 2.75) is 44.6 Å². The van der Waals surface area contributed by atoms with Crippen LogP contribution < -0.4 is 16.1 Å². The van der Waals surface area contributed by atoms with Gasteiger partial charge in [-0.15, -0.1) is 0 Å². The number of nitrogens with zero attached hydrogens (tertiary/aromatic N) is 2. The highest BCUT2D eigenvalue weighted by Gasteiger charge is 2.50. The first-order valence-corrected chi connectivity index (χ1v) is 10.1. The van der Waals surface area contributed by atoms with E-state index in [0.717, 1.165) is 6.07 Å². The Morgan fingerprint density at radius 3 is 2.84 bits per heavy atom. The third-order valence-electron chi connectivity index (χ3n) is 6.38. The summed E-state index contributed by atoms with van der Waals surface area (Å²) in [6.07, 6.45) is 0.702. The summed E-state index contributed by atoms with van der Waals surface area (Å²) in [7, 11) is 0. The molecule has 3 aliphatic heterocycles. The lowest BCUT2D eigenvalue weighted by molar-refractivity contribution is 0.0524. The third kappa shape index (κ3) is 2.78. The number of carbonyl (C=O) groups excluding carboxylic acids is 2. The lowest BCUT2D eigenvalue weighted by atomic mass is 10.1. The Balaban J connectivity index is 1.54. The van der Waals surface area contributed by atoms with Crippen LogP contribution in [0.4, 0.5) is 8.78 Å². The molecule has 2 amide bonds. The van der Waals surface area contributed by atoms with E-state index >= 15 is 0 Å². The van der Waals surface area contributed by atoms with Crippen LogP contribution in [0.5, 0.6) is 5.75 Å². The van der Waals surface area contributed by atoms with Crippen molar-refractivity contribution in [1.82, 2.24) is 20.1 Å². The van der Waals surface area contributed by atoms with Crippen LogP contribution in [0.25, 0.3) is 0 Å². The first kappa shape index (κ1) is 19.7. The van der Waals surface area contributed by atoms with Crippen LogP contribution in [0.15, 0.2) is 23.0 Å². The van der Waals surface area contributed by atoms with Gasteiger partial charge < -0.3 is 19.9 Å². The summed E-state index contributed by atoms with van der Waals surface area (Å²) in [5.41, 5.74) is -0.824. The number of amides is 2. The monoisotopic (exact) mass is 430 g/mol. The number of benzene rings is 1. The van der Waals surface area contributed by atoms with Crippen molar-refractivity contribution in [1.29, 1.82) is 0 Å². The molecule has 162 valence electrons. The van der Waals surface area contributed by atoms with Crippen molar-refractivity contribution in [3.63, 3.8) is 0 Å². The number of hydrogen-bond acceptors (Lipinski definition) is 5. The van der Waals surface area contributed by atoms with Gasteiger partial charge in [0, 0.05) is 36.5 Å². The molecule has 8 nitrogen and oxygen atoms in total. The highest BCUT2D eigenvalue weighted by atomic mass is 19.1. The Morgan fingerprint density at radius 2 is 2.10 bits per heavy atom. The van der Waals surface area contributed by atoms with E-state index in [4.69, 9.17) is 0 Å². The van der Waals surface area contributed by atoms with Gasteiger partial charge in [0.1, 0.15) is 23.4 Å². The van der Waals surface area contributed by atoms with Crippen molar-refractivity contribution in [2.24, 2.45) is 0 Å². The van der Waals surface area contributed by atoms with Gasteiger partial charge >= 0.3 is 0 Å². The third-order valence-corrected chi connectivity index (χ3v) is 6.38. The van der Waals surface area contributed by atoms with Gasteiger partial charge in [-0.1, -0.05) is 6.07 Å². The number of fused-ring (bicyclic) bond motifs is 2. The van der Waals surface area contributed by atoms with Crippen LogP contribution >= 0.6 is 0 Å². The number of rotatable bonds is 3. The molecule has 1 saturated heterocycles. The fraction of sp³-hybridized carbons (Fsp3) is 0.381. The Labute approximate surface area is 175 Å². The molecule has 4 heterocycles. The summed E-state index contributed by atoms with van der Waals surface area (Å²) < 4.78 is 28.6. The van der Waals surface area contributed by atoms with Crippen molar-refractivity contribution in [3.05, 3.63) is 62.6 Å². The van der Waals surface area contributed by atoms with Gasteiger partial charge in [-0.2, -0.15) is 0 Å². The number of carbonyl (C=O) groups is 2. The van der Waals surface area contributed by atoms with Crippen LogP contribution in [0.2, 0.25) is 0 Å². The van der Waals surface area contributed by atoms with Crippen molar-refractivity contribution in [2.75, 3.05) is 6.54 Å². The van der Waals surface area contributed by atoms with Crippen LogP contribution in [-0.2, 0) is 13.0 Å². The second-order valence-electron chi connectivity index (χ2n) is 8.16. The van der Waals surface area contributed by atoms with Crippen LogP contribution in [0, 0.1) is 11.6 Å². The maximum absolute atomic E-state index is 13.9. The van der Waals surface area contributed by atoms with Gasteiger partial charge in [0.15, 0.2) is 11.4 Å². The number of hydrogen-bond donors (Lipinski definition) is 3. The minimum atomic E-state index is -0.925. The maximum atomic E-state index is 13.9. The Morgan fingerprint density at radius 1 is 1.32 bits per heavy atom. The first-order chi connectivity index (χ1) is 14.8. The summed E-state index contributed by atoms with van der Waals surface area (Å²) in [5.74, 6) is -3.54. The van der Waals surface area contributed by atoms with Gasteiger partial charge in [0.05, 0.1) is 6.04 Å². The normalized spacial score (nSPS) is 23.6. The van der Waals surface area contributed by atoms with E-state index in [1.54, 1.807) is 9.47 Å². The van der Waals surface area contributed by atoms with Crippen LogP contribution in [0.1, 0.15) is 51.5 Å².